The molecular formula is C24H27N3O2S. The van der Waals surface area contributed by atoms with E-state index in [4.69, 9.17) is 4.74 Å². The van der Waals surface area contributed by atoms with E-state index < -0.39 is 0 Å². The molecule has 3 aromatic rings. The number of aromatic nitrogens is 3. The van der Waals surface area contributed by atoms with E-state index in [1.807, 2.05) is 30.3 Å². The van der Waals surface area contributed by atoms with Gasteiger partial charge in [0.15, 0.2) is 11.0 Å². The Bertz CT molecular complexity index is 1030. The Morgan fingerprint density at radius 1 is 1.07 bits per heavy atom. The molecule has 5 nitrogen and oxygen atoms in total. The zero-order valence-corrected chi connectivity index (χ0v) is 18.5. The third kappa shape index (κ3) is 4.15. The van der Waals surface area contributed by atoms with Gasteiger partial charge in [0.1, 0.15) is 11.5 Å². The quantitative estimate of drug-likeness (QED) is 0.513. The summed E-state index contributed by atoms with van der Waals surface area (Å²) >= 11 is 1.55. The molecule has 1 saturated carbocycles. The van der Waals surface area contributed by atoms with E-state index in [1.165, 1.54) is 5.56 Å². The van der Waals surface area contributed by atoms with Crippen molar-refractivity contribution in [2.75, 3.05) is 7.11 Å². The Hall–Kier alpha value is -2.60. The van der Waals surface area contributed by atoms with Gasteiger partial charge in [-0.2, -0.15) is 0 Å². The van der Waals surface area contributed by atoms with Gasteiger partial charge in [0, 0.05) is 12.0 Å². The van der Waals surface area contributed by atoms with Crippen LogP contribution in [0.4, 0.5) is 0 Å². The van der Waals surface area contributed by atoms with Crippen molar-refractivity contribution in [2.24, 2.45) is 0 Å². The number of carbonyl (C=O) groups excluding carboxylic acids is 1. The van der Waals surface area contributed by atoms with Crippen LogP contribution in [-0.4, -0.2) is 32.9 Å². The van der Waals surface area contributed by atoms with Crippen molar-refractivity contribution < 1.29 is 9.53 Å². The topological polar surface area (TPSA) is 57.0 Å². The number of methoxy groups -OCH3 is 1. The second-order valence-electron chi connectivity index (χ2n) is 7.90. The number of benzene rings is 2. The molecule has 1 aliphatic carbocycles. The fourth-order valence-corrected chi connectivity index (χ4v) is 5.04. The van der Waals surface area contributed by atoms with Crippen molar-refractivity contribution in [1.82, 2.24) is 14.8 Å². The van der Waals surface area contributed by atoms with Crippen LogP contribution in [0.1, 0.15) is 51.0 Å². The van der Waals surface area contributed by atoms with E-state index in [0.29, 0.717) is 18.1 Å². The van der Waals surface area contributed by atoms with Crippen molar-refractivity contribution in [3.05, 3.63) is 54.1 Å². The van der Waals surface area contributed by atoms with Gasteiger partial charge in [0.2, 0.25) is 0 Å². The molecule has 0 bridgehead atoms. The van der Waals surface area contributed by atoms with Gasteiger partial charge in [-0.1, -0.05) is 50.2 Å². The molecule has 0 spiro atoms. The lowest BCUT2D eigenvalue weighted by Gasteiger charge is -2.21. The van der Waals surface area contributed by atoms with Gasteiger partial charge in [-0.05, 0) is 54.7 Å². The molecule has 2 aromatic carbocycles. The summed E-state index contributed by atoms with van der Waals surface area (Å²) in [5.41, 5.74) is 3.25. The van der Waals surface area contributed by atoms with Crippen LogP contribution in [0.2, 0.25) is 0 Å². The molecule has 0 amide bonds. The summed E-state index contributed by atoms with van der Waals surface area (Å²) in [5.74, 6) is 2.25. The molecule has 1 aliphatic rings. The molecule has 30 heavy (non-hydrogen) atoms. The van der Waals surface area contributed by atoms with Crippen molar-refractivity contribution in [3.8, 4) is 22.8 Å². The molecule has 1 heterocycles. The Balaban J connectivity index is 1.83. The Labute approximate surface area is 181 Å². The van der Waals surface area contributed by atoms with Crippen LogP contribution in [0.3, 0.4) is 0 Å². The molecule has 156 valence electrons. The van der Waals surface area contributed by atoms with Crippen LogP contribution in [0.15, 0.2) is 53.7 Å². The first-order chi connectivity index (χ1) is 14.6. The van der Waals surface area contributed by atoms with Crippen LogP contribution < -0.4 is 4.74 Å². The van der Waals surface area contributed by atoms with Crippen LogP contribution in [0, 0.1) is 0 Å². The molecule has 0 N–H and O–H groups in total. The highest BCUT2D eigenvalue weighted by Crippen LogP contribution is 2.36. The molecule has 1 aromatic heterocycles. The maximum Gasteiger partial charge on any atom is 0.196 e. The maximum atomic E-state index is 12.5. The van der Waals surface area contributed by atoms with Crippen molar-refractivity contribution in [3.63, 3.8) is 0 Å². The van der Waals surface area contributed by atoms with E-state index >= 15 is 0 Å². The SMILES string of the molecule is COc1ccc(-c2nnc(SC3CCCCC3=O)n2-c2ccccc2C(C)C)cc1. The van der Waals surface area contributed by atoms with Crippen molar-refractivity contribution in [2.45, 2.75) is 55.9 Å². The van der Waals surface area contributed by atoms with Crippen LogP contribution in [0.5, 0.6) is 5.75 Å². The minimum absolute atomic E-state index is 0.0448. The third-order valence-corrected chi connectivity index (χ3v) is 6.79. The monoisotopic (exact) mass is 421 g/mol. The number of hydrogen-bond acceptors (Lipinski definition) is 5. The summed E-state index contributed by atoms with van der Waals surface area (Å²) in [6.07, 6.45) is 3.65. The molecule has 1 unspecified atom stereocenters. The molecule has 1 fully saturated rings. The fourth-order valence-electron chi connectivity index (χ4n) is 3.87. The van der Waals surface area contributed by atoms with Gasteiger partial charge in [-0.25, -0.2) is 0 Å². The number of rotatable bonds is 6. The minimum atomic E-state index is -0.0448. The number of thioether (sulfide) groups is 1. The van der Waals surface area contributed by atoms with Crippen molar-refractivity contribution in [1.29, 1.82) is 0 Å². The van der Waals surface area contributed by atoms with Gasteiger partial charge in [0.25, 0.3) is 0 Å². The molecule has 4 rings (SSSR count). The number of para-hydroxylation sites is 1. The van der Waals surface area contributed by atoms with Gasteiger partial charge in [-0.3, -0.25) is 9.36 Å². The van der Waals surface area contributed by atoms with Gasteiger partial charge < -0.3 is 4.74 Å². The van der Waals surface area contributed by atoms with E-state index in [9.17, 15) is 4.79 Å². The zero-order chi connectivity index (χ0) is 21.1. The molecule has 1 atom stereocenters. The Morgan fingerprint density at radius 2 is 1.83 bits per heavy atom. The standard InChI is InChI=1S/C24H27N3O2S/c1-16(2)19-8-4-5-9-20(19)27-23(17-12-14-18(29-3)15-13-17)25-26-24(27)30-22-11-7-6-10-21(22)28/h4-5,8-9,12-16,22H,6-7,10-11H2,1-3H3. The first-order valence-electron chi connectivity index (χ1n) is 10.5. The number of ketones is 1. The van der Waals surface area contributed by atoms with Crippen LogP contribution in [0.25, 0.3) is 17.1 Å². The Morgan fingerprint density at radius 3 is 2.53 bits per heavy atom. The number of nitrogens with zero attached hydrogens (tertiary/aromatic N) is 3. The van der Waals surface area contributed by atoms with Crippen LogP contribution >= 0.6 is 11.8 Å². The van der Waals surface area contributed by atoms with E-state index in [2.05, 4.69) is 46.8 Å². The summed E-state index contributed by atoms with van der Waals surface area (Å²) in [6.45, 7) is 4.38. The highest BCUT2D eigenvalue weighted by Gasteiger charge is 2.27. The predicted octanol–water partition coefficient (Wildman–Crippen LogP) is 5.67. The highest BCUT2D eigenvalue weighted by molar-refractivity contribution is 8.00. The van der Waals surface area contributed by atoms with E-state index in [1.54, 1.807) is 18.9 Å². The van der Waals surface area contributed by atoms with Gasteiger partial charge in [-0.15, -0.1) is 10.2 Å². The van der Waals surface area contributed by atoms with Crippen LogP contribution in [-0.2, 0) is 4.79 Å². The predicted molar refractivity (Wildman–Crippen MR) is 121 cm³/mol. The first-order valence-corrected chi connectivity index (χ1v) is 11.3. The first kappa shape index (κ1) is 20.7. The summed E-state index contributed by atoms with van der Waals surface area (Å²) < 4.78 is 7.42. The van der Waals surface area contributed by atoms with Gasteiger partial charge in [0.05, 0.1) is 18.0 Å². The van der Waals surface area contributed by atoms with Crippen molar-refractivity contribution >= 4 is 17.5 Å². The number of Topliss-reactive ketones (excluding diaryl/α,β-unsaturated/α-hetero) is 1. The molecule has 0 radical (unpaired) electrons. The molecule has 0 aliphatic heterocycles. The molecular weight excluding hydrogens is 394 g/mol. The lowest BCUT2D eigenvalue weighted by Crippen LogP contribution is -2.22. The average Bonchev–Trinajstić information content (AvgIpc) is 3.18. The smallest absolute Gasteiger partial charge is 0.196 e. The maximum absolute atomic E-state index is 12.5. The number of hydrogen-bond donors (Lipinski definition) is 0. The molecule has 0 saturated heterocycles. The largest absolute Gasteiger partial charge is 0.497 e. The second kappa shape index (κ2) is 9.04. The minimum Gasteiger partial charge on any atom is -0.497 e. The van der Waals surface area contributed by atoms with Gasteiger partial charge >= 0.3 is 0 Å². The average molecular weight is 422 g/mol. The lowest BCUT2D eigenvalue weighted by molar-refractivity contribution is -0.119. The molecule has 6 heteroatoms. The van der Waals surface area contributed by atoms with E-state index in [-0.39, 0.29) is 5.25 Å². The number of ether oxygens (including phenoxy) is 1. The lowest BCUT2D eigenvalue weighted by atomic mass is 9.99. The summed E-state index contributed by atoms with van der Waals surface area (Å²) in [5, 5.41) is 9.81. The van der Waals surface area contributed by atoms with E-state index in [0.717, 1.165) is 47.2 Å². The third-order valence-electron chi connectivity index (χ3n) is 5.53. The summed E-state index contributed by atoms with van der Waals surface area (Å²) in [4.78, 5) is 12.5. The number of carbonyl (C=O) groups is 1. The second-order valence-corrected chi connectivity index (χ2v) is 9.07. The summed E-state index contributed by atoms with van der Waals surface area (Å²) in [7, 11) is 1.66. The Kier molecular flexibility index (Phi) is 6.23. The fraction of sp³-hybridized carbons (Fsp3) is 0.375. The highest BCUT2D eigenvalue weighted by atomic mass is 32.2. The zero-order valence-electron chi connectivity index (χ0n) is 17.7. The summed E-state index contributed by atoms with van der Waals surface area (Å²) in [6, 6.07) is 16.2. The normalized spacial score (nSPS) is 16.8.